The molecule has 6 nitrogen and oxygen atoms in total. The van der Waals surface area contributed by atoms with Gasteiger partial charge in [-0.2, -0.15) is 11.8 Å². The first-order valence-electron chi connectivity index (χ1n) is 6.01. The maximum atomic E-state index is 11.1. The summed E-state index contributed by atoms with van der Waals surface area (Å²) in [6, 6.07) is 4.13. The average molecular weight is 281 g/mol. The molecule has 0 aliphatic carbocycles. The number of hydrogen-bond acceptors (Lipinski definition) is 5. The Morgan fingerprint density at radius 1 is 1.58 bits per heavy atom. The van der Waals surface area contributed by atoms with Crippen molar-refractivity contribution < 1.29 is 9.72 Å². The molecule has 1 unspecified atom stereocenters. The van der Waals surface area contributed by atoms with Crippen LogP contribution in [0.2, 0.25) is 0 Å². The minimum atomic E-state index is -0.590. The van der Waals surface area contributed by atoms with E-state index in [0.717, 1.165) is 12.2 Å². The molecule has 1 aliphatic heterocycles. The first-order chi connectivity index (χ1) is 9.08. The van der Waals surface area contributed by atoms with E-state index in [0.29, 0.717) is 17.5 Å². The Kier molecular flexibility index (Phi) is 4.26. The van der Waals surface area contributed by atoms with Crippen molar-refractivity contribution in [3.8, 4) is 0 Å². The molecule has 1 aromatic rings. The van der Waals surface area contributed by atoms with Crippen molar-refractivity contribution in [2.45, 2.75) is 18.1 Å². The van der Waals surface area contributed by atoms with E-state index in [2.05, 4.69) is 5.32 Å². The number of nitrogens with two attached hydrogens (primary N) is 1. The van der Waals surface area contributed by atoms with Gasteiger partial charge in [-0.3, -0.25) is 14.9 Å². The molecule has 0 radical (unpaired) electrons. The Morgan fingerprint density at radius 3 is 2.95 bits per heavy atom. The molecule has 1 fully saturated rings. The first kappa shape index (κ1) is 13.7. The lowest BCUT2D eigenvalue weighted by Gasteiger charge is -2.12. The number of nitro groups is 1. The number of hydrogen-bond donors (Lipinski definition) is 2. The van der Waals surface area contributed by atoms with Gasteiger partial charge in [0.15, 0.2) is 0 Å². The summed E-state index contributed by atoms with van der Waals surface area (Å²) in [7, 11) is 0. The fraction of sp³-hybridized carbons (Fsp3) is 0.417. The molecule has 1 atom stereocenters. The highest BCUT2D eigenvalue weighted by atomic mass is 32.2. The number of nitro benzene ring substituents is 1. The lowest BCUT2D eigenvalue weighted by Crippen LogP contribution is -2.16. The second-order valence-electron chi connectivity index (χ2n) is 4.37. The summed E-state index contributed by atoms with van der Waals surface area (Å²) >= 11 is 1.86. The van der Waals surface area contributed by atoms with Gasteiger partial charge >= 0.3 is 0 Å². The van der Waals surface area contributed by atoms with E-state index in [1.807, 2.05) is 11.8 Å². The molecular weight excluding hydrogens is 266 g/mol. The maximum Gasteiger partial charge on any atom is 0.292 e. The van der Waals surface area contributed by atoms with Crippen molar-refractivity contribution in [3.05, 3.63) is 33.9 Å². The van der Waals surface area contributed by atoms with Crippen LogP contribution in [0.1, 0.15) is 23.2 Å². The third-order valence-electron chi connectivity index (χ3n) is 3.02. The van der Waals surface area contributed by atoms with Gasteiger partial charge in [-0.05, 0) is 30.7 Å². The number of benzene rings is 1. The quantitative estimate of drug-likeness (QED) is 0.635. The Hall–Kier alpha value is -1.76. The topological polar surface area (TPSA) is 98.3 Å². The lowest BCUT2D eigenvalue weighted by atomic mass is 10.1. The van der Waals surface area contributed by atoms with Crippen molar-refractivity contribution >= 4 is 29.0 Å². The van der Waals surface area contributed by atoms with Crippen LogP contribution in [0.25, 0.3) is 0 Å². The molecular formula is C12H15N3O3S. The molecule has 0 aromatic heterocycles. The fourth-order valence-electron chi connectivity index (χ4n) is 2.02. The number of nitrogens with zero attached hydrogens (tertiary/aromatic N) is 1. The van der Waals surface area contributed by atoms with E-state index in [-0.39, 0.29) is 11.3 Å². The Morgan fingerprint density at radius 2 is 2.37 bits per heavy atom. The lowest BCUT2D eigenvalue weighted by molar-refractivity contribution is -0.384. The van der Waals surface area contributed by atoms with Gasteiger partial charge in [0.2, 0.25) is 5.91 Å². The van der Waals surface area contributed by atoms with Crippen LogP contribution in [0, 0.1) is 10.1 Å². The van der Waals surface area contributed by atoms with E-state index in [1.54, 1.807) is 0 Å². The Bertz CT molecular complexity index is 501. The second-order valence-corrected chi connectivity index (χ2v) is 5.78. The van der Waals surface area contributed by atoms with Crippen LogP contribution in [-0.2, 0) is 0 Å². The zero-order valence-electron chi connectivity index (χ0n) is 10.3. The minimum absolute atomic E-state index is 0.0343. The second kappa shape index (κ2) is 5.92. The predicted octanol–water partition coefficient (Wildman–Crippen LogP) is 2.00. The molecule has 7 heteroatoms. The van der Waals surface area contributed by atoms with Gasteiger partial charge in [0, 0.05) is 23.4 Å². The van der Waals surface area contributed by atoms with Crippen molar-refractivity contribution in [1.82, 2.24) is 0 Å². The minimum Gasteiger partial charge on any atom is -0.378 e. The van der Waals surface area contributed by atoms with Crippen LogP contribution in [0.15, 0.2) is 18.2 Å². The van der Waals surface area contributed by atoms with E-state index in [1.165, 1.54) is 24.6 Å². The zero-order valence-corrected chi connectivity index (χ0v) is 11.1. The van der Waals surface area contributed by atoms with Gasteiger partial charge in [0.1, 0.15) is 5.69 Å². The van der Waals surface area contributed by atoms with Crippen LogP contribution in [0.3, 0.4) is 0 Å². The van der Waals surface area contributed by atoms with E-state index in [4.69, 9.17) is 5.73 Å². The molecule has 1 aliphatic rings. The number of rotatable bonds is 5. The van der Waals surface area contributed by atoms with Gasteiger partial charge in [-0.1, -0.05) is 0 Å². The average Bonchev–Trinajstić information content (AvgIpc) is 2.88. The molecule has 1 heterocycles. The van der Waals surface area contributed by atoms with Gasteiger partial charge in [0.25, 0.3) is 5.69 Å². The highest BCUT2D eigenvalue weighted by Gasteiger charge is 2.19. The third kappa shape index (κ3) is 3.37. The number of primary amides is 1. The van der Waals surface area contributed by atoms with Crippen LogP contribution in [0.5, 0.6) is 0 Å². The predicted molar refractivity (Wildman–Crippen MR) is 75.6 cm³/mol. The summed E-state index contributed by atoms with van der Waals surface area (Å²) in [6.07, 6.45) is 2.29. The molecule has 102 valence electrons. The van der Waals surface area contributed by atoms with Crippen LogP contribution < -0.4 is 11.1 Å². The van der Waals surface area contributed by atoms with Crippen LogP contribution in [-0.4, -0.2) is 28.4 Å². The fourth-order valence-corrected chi connectivity index (χ4v) is 3.22. The summed E-state index contributed by atoms with van der Waals surface area (Å²) in [5.74, 6) is 0.545. The number of carbonyl (C=O) groups excluding carboxylic acids is 1. The molecule has 3 N–H and O–H groups in total. The standard InChI is InChI=1S/C12H15N3O3S/c13-12(16)8-3-4-11(15(17)18)10(6-8)14-7-9-2-1-5-19-9/h3-4,6,9,14H,1-2,5,7H2,(H2,13,16). The van der Waals surface area contributed by atoms with Crippen molar-refractivity contribution in [2.75, 3.05) is 17.6 Å². The largest absolute Gasteiger partial charge is 0.378 e. The highest BCUT2D eigenvalue weighted by molar-refractivity contribution is 8.00. The molecule has 1 saturated heterocycles. The van der Waals surface area contributed by atoms with E-state index < -0.39 is 10.8 Å². The molecule has 0 saturated carbocycles. The Balaban J connectivity index is 2.16. The van der Waals surface area contributed by atoms with Gasteiger partial charge in [-0.15, -0.1) is 0 Å². The van der Waals surface area contributed by atoms with Gasteiger partial charge in [0.05, 0.1) is 4.92 Å². The first-order valence-corrected chi connectivity index (χ1v) is 7.06. The van der Waals surface area contributed by atoms with Gasteiger partial charge < -0.3 is 11.1 Å². The van der Waals surface area contributed by atoms with Crippen LogP contribution in [0.4, 0.5) is 11.4 Å². The summed E-state index contributed by atoms with van der Waals surface area (Å²) in [4.78, 5) is 21.6. The monoisotopic (exact) mass is 281 g/mol. The number of carbonyl (C=O) groups is 1. The highest BCUT2D eigenvalue weighted by Crippen LogP contribution is 2.29. The van der Waals surface area contributed by atoms with E-state index in [9.17, 15) is 14.9 Å². The number of nitrogens with one attached hydrogen (secondary N) is 1. The Labute approximate surface area is 114 Å². The SMILES string of the molecule is NC(=O)c1ccc([N+](=O)[O-])c(NCC2CCCS2)c1. The van der Waals surface area contributed by atoms with E-state index >= 15 is 0 Å². The molecule has 2 rings (SSSR count). The summed E-state index contributed by atoms with van der Waals surface area (Å²) in [5, 5.41) is 14.5. The summed E-state index contributed by atoms with van der Waals surface area (Å²) in [6.45, 7) is 0.660. The molecule has 1 amide bonds. The maximum absolute atomic E-state index is 11.1. The number of thioether (sulfide) groups is 1. The normalized spacial score (nSPS) is 18.2. The summed E-state index contributed by atoms with van der Waals surface area (Å²) < 4.78 is 0. The molecule has 0 spiro atoms. The molecule has 19 heavy (non-hydrogen) atoms. The smallest absolute Gasteiger partial charge is 0.292 e. The molecule has 0 bridgehead atoms. The number of amides is 1. The number of anilines is 1. The summed E-state index contributed by atoms with van der Waals surface area (Å²) in [5.41, 5.74) is 5.78. The van der Waals surface area contributed by atoms with Gasteiger partial charge in [-0.25, -0.2) is 0 Å². The zero-order chi connectivity index (χ0) is 13.8. The van der Waals surface area contributed by atoms with Crippen molar-refractivity contribution in [3.63, 3.8) is 0 Å². The van der Waals surface area contributed by atoms with Crippen LogP contribution >= 0.6 is 11.8 Å². The van der Waals surface area contributed by atoms with Crippen molar-refractivity contribution in [2.24, 2.45) is 5.73 Å². The molecule has 1 aromatic carbocycles. The third-order valence-corrected chi connectivity index (χ3v) is 4.42. The van der Waals surface area contributed by atoms with Crippen molar-refractivity contribution in [1.29, 1.82) is 0 Å².